The van der Waals surface area contributed by atoms with Crippen LogP contribution >= 0.6 is 0 Å². The van der Waals surface area contributed by atoms with E-state index in [2.05, 4.69) is 86.0 Å². The number of hydrogen-bond donors (Lipinski definition) is 2. The molecule has 0 aromatic heterocycles. The van der Waals surface area contributed by atoms with Crippen LogP contribution in [0.2, 0.25) is 0 Å². The third-order valence-electron chi connectivity index (χ3n) is 6.98. The predicted octanol–water partition coefficient (Wildman–Crippen LogP) is 7.85. The fourth-order valence-electron chi connectivity index (χ4n) is 5.07. The molecule has 1 saturated carbocycles. The Morgan fingerprint density at radius 2 is 1.54 bits per heavy atom. The monoisotopic (exact) mass is 470 g/mol. The Hall–Kier alpha value is -3.27. The number of anilines is 2. The standard InChI is InChI=1S/C31H38N2O2/c1-20(2)19-32-25-14-12-24(13-15-25)29-21(3)18-28(22(4)30(29)31(34)35-5)23-10-16-27(17-11-23)33-26-8-6-7-9-26/h10-18,20,26,32-33H,6-9,19H2,1-5H3. The van der Waals surface area contributed by atoms with E-state index in [-0.39, 0.29) is 5.97 Å². The van der Waals surface area contributed by atoms with Gasteiger partial charge in [0.15, 0.2) is 0 Å². The second kappa shape index (κ2) is 11.0. The minimum absolute atomic E-state index is 0.302. The van der Waals surface area contributed by atoms with Gasteiger partial charge in [-0.05, 0) is 90.3 Å². The van der Waals surface area contributed by atoms with Gasteiger partial charge in [-0.3, -0.25) is 0 Å². The van der Waals surface area contributed by atoms with E-state index in [0.717, 1.165) is 51.3 Å². The molecule has 4 nitrogen and oxygen atoms in total. The zero-order chi connectivity index (χ0) is 24.9. The normalized spacial score (nSPS) is 13.8. The maximum atomic E-state index is 13.0. The van der Waals surface area contributed by atoms with Crippen molar-refractivity contribution in [1.82, 2.24) is 0 Å². The van der Waals surface area contributed by atoms with Gasteiger partial charge in [-0.1, -0.05) is 57.0 Å². The summed E-state index contributed by atoms with van der Waals surface area (Å²) in [6, 6.07) is 19.7. The van der Waals surface area contributed by atoms with Crippen molar-refractivity contribution in [3.05, 3.63) is 71.3 Å². The average Bonchev–Trinajstić information content (AvgIpc) is 3.37. The Morgan fingerprint density at radius 1 is 0.943 bits per heavy atom. The van der Waals surface area contributed by atoms with E-state index in [1.54, 1.807) is 0 Å². The lowest BCUT2D eigenvalue weighted by Gasteiger charge is -2.19. The Bertz CT molecular complexity index is 1160. The van der Waals surface area contributed by atoms with Gasteiger partial charge < -0.3 is 15.4 Å². The van der Waals surface area contributed by atoms with Crippen molar-refractivity contribution < 1.29 is 9.53 Å². The van der Waals surface area contributed by atoms with E-state index in [4.69, 9.17) is 4.74 Å². The van der Waals surface area contributed by atoms with Crippen LogP contribution in [0.15, 0.2) is 54.6 Å². The van der Waals surface area contributed by atoms with Crippen molar-refractivity contribution in [3.8, 4) is 22.3 Å². The summed E-state index contributed by atoms with van der Waals surface area (Å²) in [5.41, 5.74) is 9.00. The number of nitrogens with one attached hydrogen (secondary N) is 2. The number of methoxy groups -OCH3 is 1. The molecule has 35 heavy (non-hydrogen) atoms. The molecule has 1 fully saturated rings. The van der Waals surface area contributed by atoms with Crippen LogP contribution in [0.1, 0.15) is 61.0 Å². The van der Waals surface area contributed by atoms with Gasteiger partial charge in [-0.25, -0.2) is 4.79 Å². The predicted molar refractivity (Wildman–Crippen MR) is 147 cm³/mol. The van der Waals surface area contributed by atoms with Crippen LogP contribution < -0.4 is 10.6 Å². The summed E-state index contributed by atoms with van der Waals surface area (Å²) >= 11 is 0. The summed E-state index contributed by atoms with van der Waals surface area (Å²) in [6.45, 7) is 9.41. The van der Waals surface area contributed by atoms with Crippen LogP contribution in [0.5, 0.6) is 0 Å². The molecular weight excluding hydrogens is 432 g/mol. The lowest BCUT2D eigenvalue weighted by Crippen LogP contribution is -2.14. The van der Waals surface area contributed by atoms with Gasteiger partial charge in [0, 0.05) is 24.0 Å². The number of rotatable bonds is 8. The van der Waals surface area contributed by atoms with Crippen LogP contribution in [0.3, 0.4) is 0 Å². The van der Waals surface area contributed by atoms with Crippen LogP contribution in [0.25, 0.3) is 22.3 Å². The summed E-state index contributed by atoms with van der Waals surface area (Å²) in [5, 5.41) is 7.11. The van der Waals surface area contributed by atoms with E-state index in [1.165, 1.54) is 32.8 Å². The summed E-state index contributed by atoms with van der Waals surface area (Å²) < 4.78 is 5.25. The summed E-state index contributed by atoms with van der Waals surface area (Å²) in [5.74, 6) is 0.273. The number of hydrogen-bond acceptors (Lipinski definition) is 4. The van der Waals surface area contributed by atoms with Crippen molar-refractivity contribution in [2.45, 2.75) is 59.4 Å². The summed E-state index contributed by atoms with van der Waals surface area (Å²) in [6.07, 6.45) is 5.12. The minimum atomic E-state index is -0.302. The molecule has 0 atom stereocenters. The largest absolute Gasteiger partial charge is 0.465 e. The molecule has 2 N–H and O–H groups in total. The van der Waals surface area contributed by atoms with Crippen molar-refractivity contribution in [1.29, 1.82) is 0 Å². The smallest absolute Gasteiger partial charge is 0.338 e. The molecule has 4 rings (SSSR count). The molecule has 0 amide bonds. The first-order valence-corrected chi connectivity index (χ1v) is 12.8. The molecule has 0 spiro atoms. The molecule has 0 aliphatic heterocycles. The highest BCUT2D eigenvalue weighted by Gasteiger charge is 2.22. The molecular formula is C31H38N2O2. The van der Waals surface area contributed by atoms with Crippen LogP contribution in [0.4, 0.5) is 11.4 Å². The highest BCUT2D eigenvalue weighted by Crippen LogP contribution is 2.37. The van der Waals surface area contributed by atoms with Crippen molar-refractivity contribution in [2.24, 2.45) is 5.92 Å². The number of carbonyl (C=O) groups excluding carboxylic acids is 1. The SMILES string of the molecule is COC(=O)c1c(C)c(-c2ccc(NC3CCCC3)cc2)cc(C)c1-c1ccc(NCC(C)C)cc1. The van der Waals surface area contributed by atoms with Gasteiger partial charge in [-0.15, -0.1) is 0 Å². The van der Waals surface area contributed by atoms with Crippen molar-refractivity contribution in [3.63, 3.8) is 0 Å². The van der Waals surface area contributed by atoms with E-state index >= 15 is 0 Å². The second-order valence-electron chi connectivity index (χ2n) is 10.2. The zero-order valence-electron chi connectivity index (χ0n) is 21.7. The minimum Gasteiger partial charge on any atom is -0.465 e. The van der Waals surface area contributed by atoms with Crippen molar-refractivity contribution in [2.75, 3.05) is 24.3 Å². The molecule has 1 aliphatic rings. The third-order valence-corrected chi connectivity index (χ3v) is 6.98. The maximum absolute atomic E-state index is 13.0. The van der Waals surface area contributed by atoms with Gasteiger partial charge in [0.05, 0.1) is 12.7 Å². The van der Waals surface area contributed by atoms with Gasteiger partial charge >= 0.3 is 5.97 Å². The zero-order valence-corrected chi connectivity index (χ0v) is 21.7. The first-order valence-electron chi connectivity index (χ1n) is 12.8. The molecule has 0 radical (unpaired) electrons. The summed E-state index contributed by atoms with van der Waals surface area (Å²) in [7, 11) is 1.45. The first kappa shape index (κ1) is 24.8. The quantitative estimate of drug-likeness (QED) is 0.329. The number of esters is 1. The van der Waals surface area contributed by atoms with E-state index in [0.29, 0.717) is 17.5 Å². The van der Waals surface area contributed by atoms with Gasteiger partial charge in [-0.2, -0.15) is 0 Å². The molecule has 0 bridgehead atoms. The fourth-order valence-corrected chi connectivity index (χ4v) is 5.07. The molecule has 3 aromatic rings. The fraction of sp³-hybridized carbons (Fsp3) is 0.387. The van der Waals surface area contributed by atoms with Gasteiger partial charge in [0.2, 0.25) is 0 Å². The highest BCUT2D eigenvalue weighted by molar-refractivity contribution is 6.02. The molecule has 4 heteroatoms. The average molecular weight is 471 g/mol. The molecule has 184 valence electrons. The number of aryl methyl sites for hydroxylation is 1. The van der Waals surface area contributed by atoms with E-state index in [1.807, 2.05) is 6.92 Å². The Balaban J connectivity index is 1.68. The van der Waals surface area contributed by atoms with E-state index in [9.17, 15) is 4.79 Å². The molecule has 3 aromatic carbocycles. The second-order valence-corrected chi connectivity index (χ2v) is 10.2. The topological polar surface area (TPSA) is 50.4 Å². The number of benzene rings is 3. The Kier molecular flexibility index (Phi) is 7.80. The van der Waals surface area contributed by atoms with E-state index < -0.39 is 0 Å². The van der Waals surface area contributed by atoms with Crippen LogP contribution in [0, 0.1) is 19.8 Å². The lowest BCUT2D eigenvalue weighted by atomic mass is 9.86. The molecule has 0 unspecified atom stereocenters. The third kappa shape index (κ3) is 5.70. The van der Waals surface area contributed by atoms with Gasteiger partial charge in [0.25, 0.3) is 0 Å². The molecule has 0 heterocycles. The first-order chi connectivity index (χ1) is 16.9. The Morgan fingerprint density at radius 3 is 2.14 bits per heavy atom. The molecule has 0 saturated heterocycles. The maximum Gasteiger partial charge on any atom is 0.338 e. The highest BCUT2D eigenvalue weighted by atomic mass is 16.5. The molecule has 1 aliphatic carbocycles. The van der Waals surface area contributed by atoms with Crippen LogP contribution in [-0.2, 0) is 4.74 Å². The summed E-state index contributed by atoms with van der Waals surface area (Å²) in [4.78, 5) is 13.0. The van der Waals surface area contributed by atoms with Crippen molar-refractivity contribution >= 4 is 17.3 Å². The number of carbonyl (C=O) groups is 1. The number of ether oxygens (including phenoxy) is 1. The Labute approximate surface area is 210 Å². The van der Waals surface area contributed by atoms with Crippen LogP contribution in [-0.4, -0.2) is 25.7 Å². The van der Waals surface area contributed by atoms with Gasteiger partial charge in [0.1, 0.15) is 0 Å². The lowest BCUT2D eigenvalue weighted by molar-refractivity contribution is 0.0600.